The van der Waals surface area contributed by atoms with Crippen LogP contribution in [0.15, 0.2) is 60.7 Å². The first-order valence-electron chi connectivity index (χ1n) is 9.09. The van der Waals surface area contributed by atoms with E-state index in [4.69, 9.17) is 5.73 Å². The predicted octanol–water partition coefficient (Wildman–Crippen LogP) is 5.14. The van der Waals surface area contributed by atoms with E-state index in [-0.39, 0.29) is 0 Å². The number of hydrogen-bond acceptors (Lipinski definition) is 1. The summed E-state index contributed by atoms with van der Waals surface area (Å²) in [6.07, 6.45) is 9.88. The fourth-order valence-corrected chi connectivity index (χ4v) is 4.22. The highest BCUT2D eigenvalue weighted by Gasteiger charge is 2.31. The van der Waals surface area contributed by atoms with Crippen molar-refractivity contribution in [3.63, 3.8) is 0 Å². The molecule has 2 aromatic rings. The lowest BCUT2D eigenvalue weighted by Crippen LogP contribution is -2.31. The van der Waals surface area contributed by atoms with Gasteiger partial charge in [-0.3, -0.25) is 0 Å². The van der Waals surface area contributed by atoms with Crippen molar-refractivity contribution in [3.8, 4) is 0 Å². The third-order valence-corrected chi connectivity index (χ3v) is 5.41. The van der Waals surface area contributed by atoms with Crippen LogP contribution in [0.2, 0.25) is 0 Å². The van der Waals surface area contributed by atoms with Crippen LogP contribution in [0.3, 0.4) is 0 Å². The van der Waals surface area contributed by atoms with E-state index in [0.29, 0.717) is 11.5 Å². The van der Waals surface area contributed by atoms with E-state index in [0.717, 1.165) is 0 Å². The third-order valence-electron chi connectivity index (χ3n) is 5.41. The maximum absolute atomic E-state index is 6.20. The molecule has 0 saturated heterocycles. The van der Waals surface area contributed by atoms with Gasteiger partial charge in [-0.15, -0.1) is 0 Å². The fraction of sp³-hybridized carbons (Fsp3) is 0.455. The van der Waals surface area contributed by atoms with Crippen LogP contribution in [0.1, 0.15) is 49.7 Å². The van der Waals surface area contributed by atoms with Gasteiger partial charge in [-0.2, -0.15) is 0 Å². The summed E-state index contributed by atoms with van der Waals surface area (Å²) in [5.74, 6) is 0. The van der Waals surface area contributed by atoms with Crippen LogP contribution in [0.5, 0.6) is 0 Å². The van der Waals surface area contributed by atoms with Crippen LogP contribution in [0.4, 0.5) is 0 Å². The van der Waals surface area contributed by atoms with Crippen molar-refractivity contribution < 1.29 is 0 Å². The Bertz CT molecular complexity index is 522. The quantitative estimate of drug-likeness (QED) is 0.831. The minimum atomic E-state index is 0.392. The van der Waals surface area contributed by atoms with Crippen LogP contribution in [-0.4, -0.2) is 6.04 Å². The lowest BCUT2D eigenvalue weighted by molar-refractivity contribution is 0.199. The Kier molecular flexibility index (Phi) is 5.51. The summed E-state index contributed by atoms with van der Waals surface area (Å²) in [7, 11) is 0. The van der Waals surface area contributed by atoms with Crippen molar-refractivity contribution in [1.29, 1.82) is 0 Å². The molecule has 0 atom stereocenters. The van der Waals surface area contributed by atoms with Crippen molar-refractivity contribution in [2.75, 3.05) is 0 Å². The van der Waals surface area contributed by atoms with Gasteiger partial charge in [0, 0.05) is 6.04 Å². The average molecular weight is 307 g/mol. The Morgan fingerprint density at radius 3 is 1.61 bits per heavy atom. The minimum Gasteiger partial charge on any atom is -0.328 e. The lowest BCUT2D eigenvalue weighted by Gasteiger charge is -2.37. The molecule has 0 bridgehead atoms. The molecule has 1 heteroatoms. The fourth-order valence-electron chi connectivity index (χ4n) is 4.22. The number of hydrogen-bond donors (Lipinski definition) is 1. The Balaban J connectivity index is 1.82. The largest absolute Gasteiger partial charge is 0.328 e. The number of rotatable bonds is 4. The molecule has 3 rings (SSSR count). The maximum atomic E-state index is 6.20. The van der Waals surface area contributed by atoms with E-state index in [1.807, 2.05) is 0 Å². The zero-order valence-electron chi connectivity index (χ0n) is 14.1. The second-order valence-corrected chi connectivity index (χ2v) is 7.37. The van der Waals surface area contributed by atoms with Crippen molar-refractivity contribution in [2.24, 2.45) is 11.1 Å². The zero-order chi connectivity index (χ0) is 16.0. The minimum absolute atomic E-state index is 0.392. The second-order valence-electron chi connectivity index (χ2n) is 7.37. The van der Waals surface area contributed by atoms with Gasteiger partial charge in [-0.05, 0) is 55.1 Å². The van der Waals surface area contributed by atoms with Crippen LogP contribution in [-0.2, 0) is 12.8 Å². The second kappa shape index (κ2) is 7.79. The SMILES string of the molecule is NC1CCCC(Cc2ccccc2)(Cc2ccccc2)CCC1. The van der Waals surface area contributed by atoms with Gasteiger partial charge in [0.2, 0.25) is 0 Å². The van der Waals surface area contributed by atoms with Gasteiger partial charge < -0.3 is 5.73 Å². The summed E-state index contributed by atoms with van der Waals surface area (Å²) in [4.78, 5) is 0. The summed E-state index contributed by atoms with van der Waals surface area (Å²) in [6, 6.07) is 22.5. The summed E-state index contributed by atoms with van der Waals surface area (Å²) >= 11 is 0. The molecule has 1 fully saturated rings. The molecular formula is C22H29N. The Morgan fingerprint density at radius 2 is 1.17 bits per heavy atom. The van der Waals surface area contributed by atoms with E-state index in [2.05, 4.69) is 60.7 Å². The van der Waals surface area contributed by atoms with Crippen molar-refractivity contribution in [3.05, 3.63) is 71.8 Å². The first-order valence-corrected chi connectivity index (χ1v) is 9.09. The van der Waals surface area contributed by atoms with Crippen LogP contribution in [0, 0.1) is 5.41 Å². The number of benzene rings is 2. The van der Waals surface area contributed by atoms with Gasteiger partial charge in [0.25, 0.3) is 0 Å². The van der Waals surface area contributed by atoms with E-state index in [9.17, 15) is 0 Å². The Morgan fingerprint density at radius 1 is 0.739 bits per heavy atom. The molecule has 23 heavy (non-hydrogen) atoms. The summed E-state index contributed by atoms with van der Waals surface area (Å²) in [5.41, 5.74) is 9.55. The molecule has 0 aromatic heterocycles. The molecule has 2 aromatic carbocycles. The molecular weight excluding hydrogens is 278 g/mol. The van der Waals surface area contributed by atoms with Crippen LogP contribution in [0.25, 0.3) is 0 Å². The summed E-state index contributed by atoms with van der Waals surface area (Å²) in [5, 5.41) is 0. The highest BCUT2D eigenvalue weighted by molar-refractivity contribution is 5.21. The molecule has 0 aliphatic heterocycles. The lowest BCUT2D eigenvalue weighted by atomic mass is 9.68. The highest BCUT2D eigenvalue weighted by atomic mass is 14.6. The first kappa shape index (κ1) is 16.3. The molecule has 1 nitrogen and oxygen atoms in total. The van der Waals surface area contributed by atoms with E-state index in [1.54, 1.807) is 0 Å². The molecule has 0 unspecified atom stereocenters. The third kappa shape index (κ3) is 4.68. The molecule has 1 aliphatic rings. The molecule has 122 valence electrons. The Labute approximate surface area is 140 Å². The van der Waals surface area contributed by atoms with Gasteiger partial charge in [0.05, 0.1) is 0 Å². The zero-order valence-corrected chi connectivity index (χ0v) is 14.1. The van der Waals surface area contributed by atoms with E-state index < -0.39 is 0 Å². The maximum Gasteiger partial charge on any atom is 0.00388 e. The van der Waals surface area contributed by atoms with Crippen LogP contribution < -0.4 is 5.73 Å². The number of nitrogens with two attached hydrogens (primary N) is 1. The molecule has 0 spiro atoms. The van der Waals surface area contributed by atoms with Gasteiger partial charge in [-0.25, -0.2) is 0 Å². The molecule has 0 amide bonds. The smallest absolute Gasteiger partial charge is 0.00388 e. The predicted molar refractivity (Wildman–Crippen MR) is 98.4 cm³/mol. The normalized spacial score (nSPS) is 19.0. The molecule has 0 radical (unpaired) electrons. The van der Waals surface area contributed by atoms with Crippen molar-refractivity contribution in [2.45, 2.75) is 57.4 Å². The van der Waals surface area contributed by atoms with Crippen molar-refractivity contribution in [1.82, 2.24) is 0 Å². The molecule has 0 heterocycles. The first-order chi connectivity index (χ1) is 11.3. The van der Waals surface area contributed by atoms with E-state index in [1.165, 1.54) is 62.5 Å². The highest BCUT2D eigenvalue weighted by Crippen LogP contribution is 2.40. The molecule has 1 saturated carbocycles. The topological polar surface area (TPSA) is 26.0 Å². The van der Waals surface area contributed by atoms with Crippen LogP contribution >= 0.6 is 0 Å². The summed E-state index contributed by atoms with van der Waals surface area (Å²) in [6.45, 7) is 0. The van der Waals surface area contributed by atoms with Gasteiger partial charge in [0.1, 0.15) is 0 Å². The van der Waals surface area contributed by atoms with Gasteiger partial charge >= 0.3 is 0 Å². The Hall–Kier alpha value is -1.60. The monoisotopic (exact) mass is 307 g/mol. The van der Waals surface area contributed by atoms with E-state index >= 15 is 0 Å². The summed E-state index contributed by atoms with van der Waals surface area (Å²) < 4.78 is 0. The standard InChI is InChI=1S/C22H29N/c23-21-13-7-15-22(16-8-14-21,17-19-9-3-1-4-10-19)18-20-11-5-2-6-12-20/h1-6,9-12,21H,7-8,13-18,23H2. The van der Waals surface area contributed by atoms with Crippen molar-refractivity contribution >= 4 is 0 Å². The van der Waals surface area contributed by atoms with Gasteiger partial charge in [0.15, 0.2) is 0 Å². The molecule has 1 aliphatic carbocycles. The average Bonchev–Trinajstić information content (AvgIpc) is 2.55. The van der Waals surface area contributed by atoms with Gasteiger partial charge in [-0.1, -0.05) is 73.5 Å². The molecule has 2 N–H and O–H groups in total.